The molecule has 4 rings (SSSR count). The molecule has 1 fully saturated rings. The summed E-state index contributed by atoms with van der Waals surface area (Å²) >= 11 is 0. The van der Waals surface area contributed by atoms with Crippen LogP contribution in [-0.4, -0.2) is 29.3 Å². The molecule has 3 aromatic carbocycles. The van der Waals surface area contributed by atoms with Gasteiger partial charge in [0, 0.05) is 5.69 Å². The van der Waals surface area contributed by atoms with Crippen molar-refractivity contribution in [1.29, 1.82) is 0 Å². The van der Waals surface area contributed by atoms with Gasteiger partial charge in [0.15, 0.2) is 0 Å². The maximum atomic E-state index is 13.1. The Kier molecular flexibility index (Phi) is 4.78. The first-order valence-corrected chi connectivity index (χ1v) is 9.78. The zero-order valence-electron chi connectivity index (χ0n) is 17.2. The normalized spacial score (nSPS) is 18.6. The third-order valence-electron chi connectivity index (χ3n) is 5.56. The van der Waals surface area contributed by atoms with Crippen molar-refractivity contribution in [1.82, 2.24) is 10.2 Å². The van der Waals surface area contributed by atoms with Crippen molar-refractivity contribution in [2.75, 3.05) is 11.9 Å². The maximum Gasteiger partial charge on any atom is 0.325 e. The van der Waals surface area contributed by atoms with Gasteiger partial charge in [0.05, 0.1) is 0 Å². The van der Waals surface area contributed by atoms with Crippen molar-refractivity contribution in [2.45, 2.75) is 26.3 Å². The van der Waals surface area contributed by atoms with Crippen molar-refractivity contribution in [3.05, 3.63) is 77.4 Å². The number of benzene rings is 3. The van der Waals surface area contributed by atoms with E-state index in [9.17, 15) is 14.4 Å². The molecule has 1 aliphatic rings. The highest BCUT2D eigenvalue weighted by Gasteiger charge is 2.49. The highest BCUT2D eigenvalue weighted by atomic mass is 16.2. The lowest BCUT2D eigenvalue weighted by Crippen LogP contribution is -2.42. The topological polar surface area (TPSA) is 78.5 Å². The first-order chi connectivity index (χ1) is 14.3. The van der Waals surface area contributed by atoms with Gasteiger partial charge in [-0.3, -0.25) is 14.5 Å². The Bertz CT molecular complexity index is 1190. The van der Waals surface area contributed by atoms with E-state index in [1.165, 1.54) is 0 Å². The van der Waals surface area contributed by atoms with Gasteiger partial charge in [-0.1, -0.05) is 54.1 Å². The van der Waals surface area contributed by atoms with Crippen molar-refractivity contribution >= 4 is 34.3 Å². The standard InChI is InChI=1S/C24H23N3O3/c1-15-8-11-20(16(2)12-15)25-21(28)14-27-22(29)24(3,26-23(27)30)19-10-9-17-6-4-5-7-18(17)13-19/h4-13H,14H2,1-3H3,(H,25,28)(H,26,30). The van der Waals surface area contributed by atoms with Crippen molar-refractivity contribution < 1.29 is 14.4 Å². The molecule has 0 aliphatic carbocycles. The van der Waals surface area contributed by atoms with Crippen LogP contribution in [-0.2, 0) is 15.1 Å². The van der Waals surface area contributed by atoms with Gasteiger partial charge in [-0.2, -0.15) is 0 Å². The minimum absolute atomic E-state index is 0.346. The van der Waals surface area contributed by atoms with Crippen LogP contribution in [0.1, 0.15) is 23.6 Å². The van der Waals surface area contributed by atoms with Crippen LogP contribution in [0.25, 0.3) is 10.8 Å². The second kappa shape index (κ2) is 7.30. The molecule has 1 heterocycles. The summed E-state index contributed by atoms with van der Waals surface area (Å²) in [7, 11) is 0. The highest BCUT2D eigenvalue weighted by molar-refractivity contribution is 6.10. The Hall–Kier alpha value is -3.67. The number of rotatable bonds is 4. The van der Waals surface area contributed by atoms with Gasteiger partial charge in [0.2, 0.25) is 5.91 Å². The Morgan fingerprint density at radius 2 is 1.73 bits per heavy atom. The monoisotopic (exact) mass is 401 g/mol. The minimum Gasteiger partial charge on any atom is -0.324 e. The third-order valence-corrected chi connectivity index (χ3v) is 5.56. The molecule has 30 heavy (non-hydrogen) atoms. The summed E-state index contributed by atoms with van der Waals surface area (Å²) in [5.41, 5.74) is 2.13. The molecule has 0 saturated carbocycles. The number of imide groups is 1. The number of hydrogen-bond donors (Lipinski definition) is 2. The van der Waals surface area contributed by atoms with Gasteiger partial charge in [-0.05, 0) is 54.8 Å². The van der Waals surface area contributed by atoms with E-state index >= 15 is 0 Å². The first kappa shape index (κ1) is 19.6. The van der Waals surface area contributed by atoms with E-state index in [2.05, 4.69) is 10.6 Å². The van der Waals surface area contributed by atoms with Crippen molar-refractivity contribution in [2.24, 2.45) is 0 Å². The molecule has 1 atom stereocenters. The number of fused-ring (bicyclic) bond motifs is 1. The molecule has 1 aliphatic heterocycles. The van der Waals surface area contributed by atoms with Gasteiger partial charge in [0.1, 0.15) is 12.1 Å². The number of amides is 4. The zero-order valence-corrected chi connectivity index (χ0v) is 17.2. The van der Waals surface area contributed by atoms with E-state index < -0.39 is 23.4 Å². The van der Waals surface area contributed by atoms with Crippen LogP contribution >= 0.6 is 0 Å². The minimum atomic E-state index is -1.22. The Morgan fingerprint density at radius 1 is 1.00 bits per heavy atom. The van der Waals surface area contributed by atoms with Gasteiger partial charge in [-0.15, -0.1) is 0 Å². The molecular weight excluding hydrogens is 378 g/mol. The quantitative estimate of drug-likeness (QED) is 0.652. The third kappa shape index (κ3) is 3.41. The number of carbonyl (C=O) groups is 3. The average molecular weight is 401 g/mol. The predicted octanol–water partition coefficient (Wildman–Crippen LogP) is 3.86. The van der Waals surface area contributed by atoms with E-state index in [0.29, 0.717) is 11.3 Å². The molecule has 0 spiro atoms. The molecule has 0 bridgehead atoms. The Labute approximate surface area is 174 Å². The predicted molar refractivity (Wildman–Crippen MR) is 116 cm³/mol. The molecule has 0 radical (unpaired) electrons. The molecule has 1 unspecified atom stereocenters. The van der Waals surface area contributed by atoms with Crippen LogP contribution in [0.5, 0.6) is 0 Å². The van der Waals surface area contributed by atoms with E-state index in [1.54, 1.807) is 6.92 Å². The van der Waals surface area contributed by atoms with Crippen molar-refractivity contribution in [3.8, 4) is 0 Å². The van der Waals surface area contributed by atoms with Crippen LogP contribution in [0.15, 0.2) is 60.7 Å². The zero-order chi connectivity index (χ0) is 21.5. The lowest BCUT2D eigenvalue weighted by Gasteiger charge is -2.22. The molecule has 6 heteroatoms. The van der Waals surface area contributed by atoms with E-state index in [0.717, 1.165) is 26.8 Å². The van der Waals surface area contributed by atoms with Gasteiger partial charge >= 0.3 is 6.03 Å². The van der Waals surface area contributed by atoms with Gasteiger partial charge in [0.25, 0.3) is 5.91 Å². The van der Waals surface area contributed by atoms with Crippen LogP contribution in [0.2, 0.25) is 0 Å². The van der Waals surface area contributed by atoms with Crippen LogP contribution in [0, 0.1) is 13.8 Å². The summed E-state index contributed by atoms with van der Waals surface area (Å²) in [4.78, 5) is 39.2. The summed E-state index contributed by atoms with van der Waals surface area (Å²) in [5.74, 6) is -0.869. The molecule has 6 nitrogen and oxygen atoms in total. The summed E-state index contributed by atoms with van der Waals surface area (Å²) in [6.07, 6.45) is 0. The van der Waals surface area contributed by atoms with E-state index in [4.69, 9.17) is 0 Å². The Morgan fingerprint density at radius 3 is 2.47 bits per heavy atom. The lowest BCUT2D eigenvalue weighted by atomic mass is 9.90. The molecule has 1 saturated heterocycles. The highest BCUT2D eigenvalue weighted by Crippen LogP contribution is 2.31. The summed E-state index contributed by atoms with van der Waals surface area (Å²) in [6.45, 7) is 5.19. The number of carbonyl (C=O) groups excluding carboxylic acids is 3. The maximum absolute atomic E-state index is 13.1. The molecule has 2 N–H and O–H groups in total. The van der Waals surface area contributed by atoms with E-state index in [-0.39, 0.29) is 6.54 Å². The van der Waals surface area contributed by atoms with Gasteiger partial charge in [-0.25, -0.2) is 4.79 Å². The second-order valence-corrected chi connectivity index (χ2v) is 7.87. The van der Waals surface area contributed by atoms with Crippen LogP contribution in [0.3, 0.4) is 0 Å². The van der Waals surface area contributed by atoms with E-state index in [1.807, 2.05) is 74.5 Å². The molecule has 3 aromatic rings. The second-order valence-electron chi connectivity index (χ2n) is 7.87. The average Bonchev–Trinajstić information content (AvgIpc) is 2.94. The number of aryl methyl sites for hydroxylation is 2. The summed E-state index contributed by atoms with van der Waals surface area (Å²) in [5, 5.41) is 7.56. The number of nitrogens with one attached hydrogen (secondary N) is 2. The number of nitrogens with zero attached hydrogens (tertiary/aromatic N) is 1. The fourth-order valence-electron chi connectivity index (χ4n) is 3.82. The number of urea groups is 1. The summed E-state index contributed by atoms with van der Waals surface area (Å²) in [6, 6.07) is 18.6. The largest absolute Gasteiger partial charge is 0.325 e. The Balaban J connectivity index is 1.54. The number of hydrogen-bond acceptors (Lipinski definition) is 3. The first-order valence-electron chi connectivity index (χ1n) is 9.78. The lowest BCUT2D eigenvalue weighted by molar-refractivity contribution is -0.133. The van der Waals surface area contributed by atoms with Crippen LogP contribution in [0.4, 0.5) is 10.5 Å². The fourth-order valence-corrected chi connectivity index (χ4v) is 3.82. The SMILES string of the molecule is Cc1ccc(NC(=O)CN2C(=O)NC(C)(c3ccc4ccccc4c3)C2=O)c(C)c1. The van der Waals surface area contributed by atoms with Gasteiger partial charge < -0.3 is 10.6 Å². The molecular formula is C24H23N3O3. The fraction of sp³-hybridized carbons (Fsp3) is 0.208. The van der Waals surface area contributed by atoms with Crippen molar-refractivity contribution in [3.63, 3.8) is 0 Å². The molecule has 0 aromatic heterocycles. The number of anilines is 1. The van der Waals surface area contributed by atoms with Crippen LogP contribution < -0.4 is 10.6 Å². The summed E-state index contributed by atoms with van der Waals surface area (Å²) < 4.78 is 0. The smallest absolute Gasteiger partial charge is 0.324 e. The molecule has 4 amide bonds. The molecule has 152 valence electrons.